The summed E-state index contributed by atoms with van der Waals surface area (Å²) in [5, 5.41) is 10.1. The molecule has 1 fully saturated rings. The van der Waals surface area contributed by atoms with Crippen molar-refractivity contribution in [1.29, 1.82) is 5.26 Å². The fourth-order valence-electron chi connectivity index (χ4n) is 2.54. The van der Waals surface area contributed by atoms with E-state index in [1.165, 1.54) is 0 Å². The van der Waals surface area contributed by atoms with Crippen molar-refractivity contribution in [3.63, 3.8) is 0 Å². The lowest BCUT2D eigenvalue weighted by Gasteiger charge is -2.36. The first kappa shape index (κ1) is 15.0. The monoisotopic (exact) mass is 332 g/mol. The van der Waals surface area contributed by atoms with Gasteiger partial charge in [-0.3, -0.25) is 0 Å². The summed E-state index contributed by atoms with van der Waals surface area (Å²) in [6.45, 7) is 3.53. The highest BCUT2D eigenvalue weighted by molar-refractivity contribution is 6.32. The smallest absolute Gasteiger partial charge is 0.128 e. The van der Waals surface area contributed by atoms with Crippen molar-refractivity contribution in [3.8, 4) is 6.07 Å². The summed E-state index contributed by atoms with van der Waals surface area (Å²) in [5.41, 5.74) is 1.56. The third kappa shape index (κ3) is 3.11. The highest BCUT2D eigenvalue weighted by atomic mass is 35.5. The molecule has 2 heterocycles. The zero-order valence-electron chi connectivity index (χ0n) is 11.8. The van der Waals surface area contributed by atoms with Crippen LogP contribution in [0.1, 0.15) is 5.56 Å². The van der Waals surface area contributed by atoms with Crippen LogP contribution in [0.2, 0.25) is 10.0 Å². The van der Waals surface area contributed by atoms with E-state index < -0.39 is 0 Å². The maximum absolute atomic E-state index is 8.93. The summed E-state index contributed by atoms with van der Waals surface area (Å²) in [6.07, 6.45) is 1.67. The van der Waals surface area contributed by atoms with Crippen LogP contribution in [0.5, 0.6) is 0 Å². The number of hydrogen-bond acceptors (Lipinski definition) is 4. The Morgan fingerprint density at radius 2 is 1.73 bits per heavy atom. The minimum atomic E-state index is 0.502. The van der Waals surface area contributed by atoms with Crippen molar-refractivity contribution >= 4 is 34.7 Å². The lowest BCUT2D eigenvalue weighted by atomic mass is 10.2. The zero-order chi connectivity index (χ0) is 15.5. The molecule has 1 aromatic carbocycles. The predicted molar refractivity (Wildman–Crippen MR) is 89.8 cm³/mol. The van der Waals surface area contributed by atoms with Gasteiger partial charge >= 0.3 is 0 Å². The van der Waals surface area contributed by atoms with Crippen LogP contribution >= 0.6 is 23.2 Å². The fraction of sp³-hybridized carbons (Fsp3) is 0.250. The van der Waals surface area contributed by atoms with Gasteiger partial charge in [0.15, 0.2) is 0 Å². The van der Waals surface area contributed by atoms with Gasteiger partial charge in [0.25, 0.3) is 0 Å². The Kier molecular flexibility index (Phi) is 4.37. The predicted octanol–water partition coefficient (Wildman–Crippen LogP) is 3.59. The molecule has 2 aromatic rings. The Morgan fingerprint density at radius 3 is 2.32 bits per heavy atom. The first-order valence-electron chi connectivity index (χ1n) is 6.98. The molecule has 1 aromatic heterocycles. The largest absolute Gasteiger partial charge is 0.368 e. The molecule has 22 heavy (non-hydrogen) atoms. The van der Waals surface area contributed by atoms with Crippen molar-refractivity contribution in [2.45, 2.75) is 0 Å². The summed E-state index contributed by atoms with van der Waals surface area (Å²) < 4.78 is 0. The molecular formula is C16H14Cl2N4. The van der Waals surface area contributed by atoms with Crippen molar-refractivity contribution in [2.24, 2.45) is 0 Å². The second-order valence-electron chi connectivity index (χ2n) is 5.08. The van der Waals surface area contributed by atoms with E-state index in [2.05, 4.69) is 20.9 Å². The normalized spacial score (nSPS) is 14.8. The highest BCUT2D eigenvalue weighted by Crippen LogP contribution is 2.25. The maximum atomic E-state index is 8.93. The van der Waals surface area contributed by atoms with Gasteiger partial charge in [0.1, 0.15) is 11.9 Å². The highest BCUT2D eigenvalue weighted by Gasteiger charge is 2.18. The second kappa shape index (κ2) is 6.43. The van der Waals surface area contributed by atoms with Gasteiger partial charge in [-0.1, -0.05) is 23.2 Å². The van der Waals surface area contributed by atoms with Crippen molar-refractivity contribution in [2.75, 3.05) is 36.0 Å². The Bertz CT molecular complexity index is 701. The Labute approximate surface area is 139 Å². The molecule has 0 aliphatic carbocycles. The Morgan fingerprint density at radius 1 is 1.00 bits per heavy atom. The number of benzene rings is 1. The first-order valence-corrected chi connectivity index (χ1v) is 7.74. The van der Waals surface area contributed by atoms with E-state index in [1.807, 2.05) is 24.3 Å². The lowest BCUT2D eigenvalue weighted by molar-refractivity contribution is 0.647. The average Bonchev–Trinajstić information content (AvgIpc) is 2.56. The first-order chi connectivity index (χ1) is 10.7. The number of rotatable bonds is 2. The van der Waals surface area contributed by atoms with E-state index in [-0.39, 0.29) is 0 Å². The van der Waals surface area contributed by atoms with E-state index in [1.54, 1.807) is 12.3 Å². The van der Waals surface area contributed by atoms with Gasteiger partial charge in [-0.15, -0.1) is 0 Å². The molecule has 0 bridgehead atoms. The van der Waals surface area contributed by atoms with Crippen LogP contribution in [0.15, 0.2) is 36.5 Å². The Hall–Kier alpha value is -1.96. The van der Waals surface area contributed by atoms with Gasteiger partial charge in [0.2, 0.25) is 0 Å². The molecule has 0 atom stereocenters. The van der Waals surface area contributed by atoms with Gasteiger partial charge in [-0.2, -0.15) is 5.26 Å². The zero-order valence-corrected chi connectivity index (χ0v) is 13.3. The molecule has 3 rings (SSSR count). The summed E-state index contributed by atoms with van der Waals surface area (Å²) >= 11 is 12.0. The number of halogens is 2. The molecule has 0 radical (unpaired) electrons. The van der Waals surface area contributed by atoms with Crippen molar-refractivity contribution in [3.05, 3.63) is 52.1 Å². The van der Waals surface area contributed by atoms with Crippen LogP contribution in [-0.4, -0.2) is 31.2 Å². The minimum absolute atomic E-state index is 0.502. The van der Waals surface area contributed by atoms with E-state index in [9.17, 15) is 0 Å². The quantitative estimate of drug-likeness (QED) is 0.842. The number of anilines is 2. The number of nitriles is 1. The standard InChI is InChI=1S/C16H14Cl2N4/c17-13-2-4-16(20-11-13)22-7-5-21(6-8-22)14-3-1-12(10-19)15(18)9-14/h1-4,9,11H,5-8H2. The number of aromatic nitrogens is 1. The molecule has 6 heteroatoms. The van der Waals surface area contributed by atoms with Crippen LogP contribution in [0.3, 0.4) is 0 Å². The van der Waals surface area contributed by atoms with Gasteiger partial charge in [0.05, 0.1) is 15.6 Å². The summed E-state index contributed by atoms with van der Waals surface area (Å²) in [7, 11) is 0. The van der Waals surface area contributed by atoms with E-state index in [0.29, 0.717) is 15.6 Å². The lowest BCUT2D eigenvalue weighted by Crippen LogP contribution is -2.46. The molecule has 0 amide bonds. The Balaban J connectivity index is 1.68. The average molecular weight is 333 g/mol. The maximum Gasteiger partial charge on any atom is 0.128 e. The summed E-state index contributed by atoms with van der Waals surface area (Å²) in [6, 6.07) is 11.5. The van der Waals surface area contributed by atoms with Crippen molar-refractivity contribution < 1.29 is 0 Å². The number of pyridine rings is 1. The van der Waals surface area contributed by atoms with E-state index in [4.69, 9.17) is 28.5 Å². The molecule has 0 unspecified atom stereocenters. The SMILES string of the molecule is N#Cc1ccc(N2CCN(c3ccc(Cl)cn3)CC2)cc1Cl. The van der Waals surface area contributed by atoms with Crippen LogP contribution in [-0.2, 0) is 0 Å². The van der Waals surface area contributed by atoms with Crippen molar-refractivity contribution in [1.82, 2.24) is 4.98 Å². The molecule has 1 aliphatic heterocycles. The summed E-state index contributed by atoms with van der Waals surface area (Å²) in [5.74, 6) is 0.946. The topological polar surface area (TPSA) is 43.2 Å². The van der Waals surface area contributed by atoms with Crippen LogP contribution in [0.25, 0.3) is 0 Å². The van der Waals surface area contributed by atoms with Crippen LogP contribution in [0, 0.1) is 11.3 Å². The number of piperazine rings is 1. The van der Waals surface area contributed by atoms with Gasteiger partial charge in [0, 0.05) is 38.1 Å². The minimum Gasteiger partial charge on any atom is -0.368 e. The number of hydrogen-bond donors (Lipinski definition) is 0. The third-order valence-corrected chi connectivity index (χ3v) is 4.29. The molecule has 1 aliphatic rings. The third-order valence-electron chi connectivity index (χ3n) is 3.75. The molecule has 4 nitrogen and oxygen atoms in total. The molecule has 112 valence electrons. The van der Waals surface area contributed by atoms with Crippen LogP contribution in [0.4, 0.5) is 11.5 Å². The van der Waals surface area contributed by atoms with Gasteiger partial charge in [-0.25, -0.2) is 4.98 Å². The van der Waals surface area contributed by atoms with E-state index >= 15 is 0 Å². The van der Waals surface area contributed by atoms with E-state index in [0.717, 1.165) is 37.7 Å². The molecule has 0 spiro atoms. The molecule has 1 saturated heterocycles. The van der Waals surface area contributed by atoms with Gasteiger partial charge < -0.3 is 9.80 Å². The fourth-order valence-corrected chi connectivity index (χ4v) is 2.87. The molecular weight excluding hydrogens is 319 g/mol. The van der Waals surface area contributed by atoms with Crippen LogP contribution < -0.4 is 9.80 Å². The number of nitrogens with zero attached hydrogens (tertiary/aromatic N) is 4. The molecule has 0 saturated carbocycles. The molecule has 0 N–H and O–H groups in total. The van der Waals surface area contributed by atoms with Gasteiger partial charge in [-0.05, 0) is 30.3 Å². The summed E-state index contributed by atoms with van der Waals surface area (Å²) in [4.78, 5) is 8.85. The second-order valence-corrected chi connectivity index (χ2v) is 5.93.